The summed E-state index contributed by atoms with van der Waals surface area (Å²) in [6, 6.07) is 9.51. The van der Waals surface area contributed by atoms with Gasteiger partial charge >= 0.3 is 0 Å². The number of aliphatic imine (C=N–C) groups is 1. The van der Waals surface area contributed by atoms with E-state index < -0.39 is 0 Å². The van der Waals surface area contributed by atoms with Gasteiger partial charge in [-0.25, -0.2) is 0 Å². The number of benzene rings is 1. The molecule has 31 heavy (non-hydrogen) atoms. The zero-order valence-corrected chi connectivity index (χ0v) is 17.9. The molecule has 1 atom stereocenters. The largest absolute Gasteiger partial charge is 0.404 e. The molecule has 2 N–H and O–H groups in total. The number of pyridine rings is 1. The second kappa shape index (κ2) is 8.71. The highest BCUT2D eigenvalue weighted by Crippen LogP contribution is 2.41. The summed E-state index contributed by atoms with van der Waals surface area (Å²) in [4.78, 5) is 37.5. The Kier molecular flexibility index (Phi) is 5.84. The van der Waals surface area contributed by atoms with E-state index in [1.165, 1.54) is 6.20 Å². The molecule has 1 saturated carbocycles. The van der Waals surface area contributed by atoms with Gasteiger partial charge in [0.2, 0.25) is 11.8 Å². The Hall–Kier alpha value is -3.48. The Morgan fingerprint density at radius 1 is 1.26 bits per heavy atom. The van der Waals surface area contributed by atoms with E-state index in [2.05, 4.69) is 9.98 Å². The summed E-state index contributed by atoms with van der Waals surface area (Å²) in [5, 5.41) is 0. The van der Waals surface area contributed by atoms with E-state index >= 15 is 0 Å². The van der Waals surface area contributed by atoms with E-state index in [0.29, 0.717) is 13.1 Å². The molecule has 1 aliphatic carbocycles. The number of nitrogens with zero attached hydrogens (tertiary/aromatic N) is 4. The number of rotatable bonds is 5. The van der Waals surface area contributed by atoms with Gasteiger partial charge in [-0.05, 0) is 49.1 Å². The van der Waals surface area contributed by atoms with E-state index in [4.69, 9.17) is 5.73 Å². The van der Waals surface area contributed by atoms with Crippen LogP contribution in [-0.4, -0.2) is 35.6 Å². The molecule has 1 aromatic carbocycles. The molecule has 2 aliphatic rings. The van der Waals surface area contributed by atoms with Gasteiger partial charge < -0.3 is 15.5 Å². The SMILES string of the molecule is CC(=O)N1c2ccc(/C(C=NCc3cccnc3)=C/N)cc2N(C(=O)C2CC2)C[C@@H]1C. The molecule has 7 heteroatoms. The summed E-state index contributed by atoms with van der Waals surface area (Å²) in [7, 11) is 0. The molecule has 160 valence electrons. The Labute approximate surface area is 182 Å². The maximum atomic E-state index is 13.0. The molecule has 1 aromatic heterocycles. The van der Waals surface area contributed by atoms with Crippen LogP contribution in [0.15, 0.2) is 53.9 Å². The summed E-state index contributed by atoms with van der Waals surface area (Å²) in [5.41, 5.74) is 10.0. The molecular weight excluding hydrogens is 390 g/mol. The number of nitrogens with two attached hydrogens (primary N) is 1. The predicted octanol–water partition coefficient (Wildman–Crippen LogP) is 3.15. The van der Waals surface area contributed by atoms with E-state index in [-0.39, 0.29) is 23.8 Å². The lowest BCUT2D eigenvalue weighted by Crippen LogP contribution is -2.51. The minimum absolute atomic E-state index is 0.0346. The van der Waals surface area contributed by atoms with Gasteiger partial charge in [-0.3, -0.25) is 19.6 Å². The number of carbonyl (C=O) groups is 2. The molecule has 2 aromatic rings. The molecule has 0 bridgehead atoms. The Morgan fingerprint density at radius 3 is 2.71 bits per heavy atom. The van der Waals surface area contributed by atoms with Crippen molar-refractivity contribution in [1.82, 2.24) is 4.98 Å². The van der Waals surface area contributed by atoms with Crippen LogP contribution >= 0.6 is 0 Å². The molecule has 7 nitrogen and oxygen atoms in total. The lowest BCUT2D eigenvalue weighted by atomic mass is 10.0. The molecule has 4 rings (SSSR count). The van der Waals surface area contributed by atoms with Crippen molar-refractivity contribution in [2.45, 2.75) is 39.3 Å². The minimum Gasteiger partial charge on any atom is -0.404 e. The average molecular weight is 418 g/mol. The second-order valence-corrected chi connectivity index (χ2v) is 8.12. The van der Waals surface area contributed by atoms with Gasteiger partial charge in [0.15, 0.2) is 0 Å². The fraction of sp³-hybridized carbons (Fsp3) is 0.333. The first kappa shape index (κ1) is 20.8. The Balaban J connectivity index is 1.66. The van der Waals surface area contributed by atoms with Crippen LogP contribution in [0, 0.1) is 5.92 Å². The number of fused-ring (bicyclic) bond motifs is 1. The highest BCUT2D eigenvalue weighted by atomic mass is 16.2. The first-order valence-electron chi connectivity index (χ1n) is 10.6. The second-order valence-electron chi connectivity index (χ2n) is 8.12. The van der Waals surface area contributed by atoms with Crippen molar-refractivity contribution in [2.24, 2.45) is 16.6 Å². The van der Waals surface area contributed by atoms with Gasteiger partial charge in [0.05, 0.1) is 24.0 Å². The highest BCUT2D eigenvalue weighted by molar-refractivity contribution is 6.11. The number of aromatic nitrogens is 1. The Bertz CT molecular complexity index is 1040. The number of amides is 2. The minimum atomic E-state index is -0.0795. The van der Waals surface area contributed by atoms with Gasteiger partial charge in [0.25, 0.3) is 0 Å². The van der Waals surface area contributed by atoms with Crippen LogP contribution in [0.5, 0.6) is 0 Å². The smallest absolute Gasteiger partial charge is 0.230 e. The van der Waals surface area contributed by atoms with Crippen LogP contribution < -0.4 is 15.5 Å². The molecule has 0 saturated heterocycles. The first-order chi connectivity index (χ1) is 15.0. The van der Waals surface area contributed by atoms with E-state index in [1.54, 1.807) is 30.4 Å². The normalized spacial score (nSPS) is 18.9. The van der Waals surface area contributed by atoms with Crippen LogP contribution in [0.25, 0.3) is 5.57 Å². The lowest BCUT2D eigenvalue weighted by Gasteiger charge is -2.41. The van der Waals surface area contributed by atoms with E-state index in [1.807, 2.05) is 42.2 Å². The molecular formula is C24H27N5O2. The van der Waals surface area contributed by atoms with Crippen molar-refractivity contribution < 1.29 is 9.59 Å². The standard InChI is InChI=1S/C24H27N5O2/c1-16-15-28(24(31)19-5-6-19)23-10-20(7-8-22(23)29(16)17(2)30)21(11-25)14-27-13-18-4-3-9-26-12-18/h3-4,7-12,14,16,19H,5-6,13,15,25H2,1-2H3/b21-11+,27-14?/t16-/m0/s1. The molecule has 2 amide bonds. The maximum absolute atomic E-state index is 13.0. The van der Waals surface area contributed by atoms with Gasteiger partial charge in [-0.1, -0.05) is 12.1 Å². The van der Waals surface area contributed by atoms with Crippen molar-refractivity contribution in [3.63, 3.8) is 0 Å². The molecule has 0 radical (unpaired) electrons. The third-order valence-electron chi connectivity index (χ3n) is 5.69. The summed E-state index contributed by atoms with van der Waals surface area (Å²) in [6.45, 7) is 4.52. The lowest BCUT2D eigenvalue weighted by molar-refractivity contribution is -0.120. The fourth-order valence-corrected chi connectivity index (χ4v) is 4.00. The van der Waals surface area contributed by atoms with Crippen molar-refractivity contribution >= 4 is 35.0 Å². The summed E-state index contributed by atoms with van der Waals surface area (Å²) < 4.78 is 0. The number of allylic oxidation sites excluding steroid dienone is 1. The zero-order chi connectivity index (χ0) is 22.0. The quantitative estimate of drug-likeness (QED) is 0.757. The van der Waals surface area contributed by atoms with Gasteiger partial charge in [-0.15, -0.1) is 0 Å². The molecule has 2 heterocycles. The summed E-state index contributed by atoms with van der Waals surface area (Å²) in [6.07, 6.45) is 8.62. The van der Waals surface area contributed by atoms with Crippen molar-refractivity contribution in [3.8, 4) is 0 Å². The van der Waals surface area contributed by atoms with Crippen molar-refractivity contribution in [2.75, 3.05) is 16.3 Å². The third kappa shape index (κ3) is 4.35. The highest BCUT2D eigenvalue weighted by Gasteiger charge is 2.39. The van der Waals surface area contributed by atoms with Crippen LogP contribution in [0.1, 0.15) is 37.8 Å². The fourth-order valence-electron chi connectivity index (χ4n) is 4.00. The van der Waals surface area contributed by atoms with Gasteiger partial charge in [-0.2, -0.15) is 0 Å². The van der Waals surface area contributed by atoms with Gasteiger partial charge in [0.1, 0.15) is 0 Å². The molecule has 0 spiro atoms. The van der Waals surface area contributed by atoms with Crippen molar-refractivity contribution in [1.29, 1.82) is 0 Å². The van der Waals surface area contributed by atoms with E-state index in [9.17, 15) is 9.59 Å². The number of carbonyl (C=O) groups excluding carboxylic acids is 2. The van der Waals surface area contributed by atoms with Crippen LogP contribution in [0.2, 0.25) is 0 Å². The van der Waals surface area contributed by atoms with Crippen LogP contribution in [0.4, 0.5) is 11.4 Å². The topological polar surface area (TPSA) is 91.9 Å². The number of hydrogen-bond donors (Lipinski definition) is 1. The summed E-state index contributed by atoms with van der Waals surface area (Å²) in [5.74, 6) is 0.197. The van der Waals surface area contributed by atoms with Gasteiger partial charge in [0, 0.05) is 49.8 Å². The number of hydrogen-bond acceptors (Lipinski definition) is 5. The molecule has 0 unspecified atom stereocenters. The summed E-state index contributed by atoms with van der Waals surface area (Å²) >= 11 is 0. The monoisotopic (exact) mass is 417 g/mol. The Morgan fingerprint density at radius 2 is 2.06 bits per heavy atom. The van der Waals surface area contributed by atoms with E-state index in [0.717, 1.165) is 40.9 Å². The van der Waals surface area contributed by atoms with Crippen LogP contribution in [0.3, 0.4) is 0 Å². The predicted molar refractivity (Wildman–Crippen MR) is 123 cm³/mol. The zero-order valence-electron chi connectivity index (χ0n) is 17.9. The maximum Gasteiger partial charge on any atom is 0.230 e. The average Bonchev–Trinajstić information content (AvgIpc) is 3.61. The molecule has 1 fully saturated rings. The number of anilines is 2. The van der Waals surface area contributed by atoms with Crippen molar-refractivity contribution in [3.05, 3.63) is 60.1 Å². The third-order valence-corrected chi connectivity index (χ3v) is 5.69. The molecule has 1 aliphatic heterocycles. The first-order valence-corrected chi connectivity index (χ1v) is 10.6. The van der Waals surface area contributed by atoms with Crippen LogP contribution in [-0.2, 0) is 16.1 Å².